The summed E-state index contributed by atoms with van der Waals surface area (Å²) < 4.78 is 6.81. The number of rotatable bonds is 5. The third-order valence-corrected chi connectivity index (χ3v) is 4.89. The van der Waals surface area contributed by atoms with E-state index in [1.807, 2.05) is 18.2 Å². The molecular weight excluding hydrogens is 356 g/mol. The van der Waals surface area contributed by atoms with Crippen LogP contribution in [-0.2, 0) is 4.74 Å². The van der Waals surface area contributed by atoms with Gasteiger partial charge in [0, 0.05) is 31.7 Å². The summed E-state index contributed by atoms with van der Waals surface area (Å²) >= 11 is 0. The molecule has 4 rings (SSSR count). The van der Waals surface area contributed by atoms with E-state index in [0.717, 1.165) is 32.8 Å². The van der Waals surface area contributed by atoms with E-state index in [1.54, 1.807) is 30.3 Å². The molecule has 1 aliphatic heterocycles. The van der Waals surface area contributed by atoms with Gasteiger partial charge in [-0.15, -0.1) is 0 Å². The third kappa shape index (κ3) is 3.95. The molecule has 0 bridgehead atoms. The smallest absolute Gasteiger partial charge is 0.265 e. The average molecular weight is 378 g/mol. The number of nitrogens with zero attached hydrogens (tertiary/aromatic N) is 3. The lowest BCUT2D eigenvalue weighted by Crippen LogP contribution is -2.41. The first kappa shape index (κ1) is 18.3. The topological polar surface area (TPSA) is 76.5 Å². The maximum Gasteiger partial charge on any atom is 0.265 e. The number of benzene rings is 2. The number of hydrogen-bond acceptors (Lipinski definition) is 5. The molecule has 1 amide bonds. The Morgan fingerprint density at radius 3 is 2.61 bits per heavy atom. The zero-order chi connectivity index (χ0) is 19.3. The van der Waals surface area contributed by atoms with Crippen LogP contribution in [0.1, 0.15) is 10.4 Å². The molecule has 1 fully saturated rings. The summed E-state index contributed by atoms with van der Waals surface area (Å²) in [7, 11) is 0. The Balaban J connectivity index is 1.43. The van der Waals surface area contributed by atoms with Crippen molar-refractivity contribution in [1.29, 1.82) is 0 Å². The van der Waals surface area contributed by atoms with Crippen molar-refractivity contribution in [3.63, 3.8) is 0 Å². The van der Waals surface area contributed by atoms with Crippen LogP contribution >= 0.6 is 0 Å². The SMILES string of the molecule is O=C(NCCN1CCOCC1)c1ccc(-n2cnc3ccccc3c2=O)cc1. The van der Waals surface area contributed by atoms with E-state index in [0.29, 0.717) is 28.7 Å². The molecule has 3 aromatic rings. The van der Waals surface area contributed by atoms with Gasteiger partial charge in [-0.1, -0.05) is 12.1 Å². The highest BCUT2D eigenvalue weighted by Crippen LogP contribution is 2.11. The Labute approximate surface area is 162 Å². The Kier molecular flexibility index (Phi) is 5.45. The first-order valence-electron chi connectivity index (χ1n) is 9.37. The highest BCUT2D eigenvalue weighted by molar-refractivity contribution is 5.94. The Morgan fingerprint density at radius 2 is 1.82 bits per heavy atom. The van der Waals surface area contributed by atoms with E-state index in [4.69, 9.17) is 4.74 Å². The quantitative estimate of drug-likeness (QED) is 0.727. The van der Waals surface area contributed by atoms with Crippen molar-refractivity contribution in [1.82, 2.24) is 19.8 Å². The minimum absolute atomic E-state index is 0.121. The lowest BCUT2D eigenvalue weighted by Gasteiger charge is -2.26. The first-order valence-corrected chi connectivity index (χ1v) is 9.37. The maximum atomic E-state index is 12.7. The summed E-state index contributed by atoms with van der Waals surface area (Å²) in [6.07, 6.45) is 1.52. The Bertz CT molecular complexity index is 1020. The van der Waals surface area contributed by atoms with Gasteiger partial charge in [0.05, 0.1) is 29.8 Å². The molecule has 2 heterocycles. The van der Waals surface area contributed by atoms with Gasteiger partial charge in [0.15, 0.2) is 0 Å². The molecule has 0 saturated carbocycles. The summed E-state index contributed by atoms with van der Waals surface area (Å²) in [6.45, 7) is 4.70. The van der Waals surface area contributed by atoms with E-state index in [9.17, 15) is 9.59 Å². The Hall–Kier alpha value is -3.03. The number of fused-ring (bicyclic) bond motifs is 1. The lowest BCUT2D eigenvalue weighted by atomic mass is 10.2. The molecule has 7 nitrogen and oxygen atoms in total. The van der Waals surface area contributed by atoms with Gasteiger partial charge in [0.25, 0.3) is 11.5 Å². The number of aromatic nitrogens is 2. The molecule has 1 saturated heterocycles. The van der Waals surface area contributed by atoms with Crippen molar-refractivity contribution in [2.45, 2.75) is 0 Å². The molecule has 0 unspecified atom stereocenters. The van der Waals surface area contributed by atoms with Crippen LogP contribution in [0.5, 0.6) is 0 Å². The van der Waals surface area contributed by atoms with Crippen molar-refractivity contribution >= 4 is 16.8 Å². The van der Waals surface area contributed by atoms with E-state index in [-0.39, 0.29) is 11.5 Å². The van der Waals surface area contributed by atoms with Gasteiger partial charge in [-0.2, -0.15) is 0 Å². The highest BCUT2D eigenvalue weighted by Gasteiger charge is 2.11. The van der Waals surface area contributed by atoms with Gasteiger partial charge < -0.3 is 10.1 Å². The fourth-order valence-corrected chi connectivity index (χ4v) is 3.28. The van der Waals surface area contributed by atoms with E-state index < -0.39 is 0 Å². The molecule has 2 aromatic carbocycles. The summed E-state index contributed by atoms with van der Waals surface area (Å²) in [6, 6.07) is 14.2. The van der Waals surface area contributed by atoms with Crippen molar-refractivity contribution in [2.75, 3.05) is 39.4 Å². The molecular formula is C21H22N4O3. The lowest BCUT2D eigenvalue weighted by molar-refractivity contribution is 0.0383. The number of hydrogen-bond donors (Lipinski definition) is 1. The molecule has 144 valence electrons. The first-order chi connectivity index (χ1) is 13.7. The predicted octanol–water partition coefficient (Wildman–Crippen LogP) is 1.45. The maximum absolute atomic E-state index is 12.7. The minimum Gasteiger partial charge on any atom is -0.379 e. The monoisotopic (exact) mass is 378 g/mol. The van der Waals surface area contributed by atoms with Gasteiger partial charge in [-0.3, -0.25) is 19.1 Å². The molecule has 0 atom stereocenters. The molecule has 0 aliphatic carbocycles. The second-order valence-corrected chi connectivity index (χ2v) is 6.69. The van der Waals surface area contributed by atoms with Crippen molar-refractivity contribution in [3.05, 3.63) is 70.8 Å². The van der Waals surface area contributed by atoms with Gasteiger partial charge >= 0.3 is 0 Å². The predicted molar refractivity (Wildman–Crippen MR) is 107 cm³/mol. The highest BCUT2D eigenvalue weighted by atomic mass is 16.5. The van der Waals surface area contributed by atoms with Gasteiger partial charge in [-0.05, 0) is 36.4 Å². The van der Waals surface area contributed by atoms with Crippen molar-refractivity contribution in [3.8, 4) is 5.69 Å². The molecule has 1 N–H and O–H groups in total. The molecule has 1 aliphatic rings. The number of ether oxygens (including phenoxy) is 1. The number of carbonyl (C=O) groups is 1. The molecule has 0 radical (unpaired) electrons. The minimum atomic E-state index is -0.131. The van der Waals surface area contributed by atoms with E-state index >= 15 is 0 Å². The molecule has 28 heavy (non-hydrogen) atoms. The van der Waals surface area contributed by atoms with Crippen LogP contribution < -0.4 is 10.9 Å². The van der Waals surface area contributed by atoms with Crippen LogP contribution in [0.2, 0.25) is 0 Å². The summed E-state index contributed by atoms with van der Waals surface area (Å²) in [5.41, 5.74) is 1.77. The van der Waals surface area contributed by atoms with E-state index in [1.165, 1.54) is 10.9 Å². The second-order valence-electron chi connectivity index (χ2n) is 6.69. The van der Waals surface area contributed by atoms with Gasteiger partial charge in [-0.25, -0.2) is 4.98 Å². The molecule has 1 aromatic heterocycles. The van der Waals surface area contributed by atoms with Crippen LogP contribution in [-0.4, -0.2) is 59.8 Å². The second kappa shape index (κ2) is 8.33. The summed E-state index contributed by atoms with van der Waals surface area (Å²) in [5.74, 6) is -0.121. The third-order valence-electron chi connectivity index (χ3n) is 4.89. The van der Waals surface area contributed by atoms with Crippen LogP contribution in [0.15, 0.2) is 59.7 Å². The number of para-hydroxylation sites is 1. The normalized spacial score (nSPS) is 14.9. The van der Waals surface area contributed by atoms with Gasteiger partial charge in [0.1, 0.15) is 6.33 Å². The standard InChI is InChI=1S/C21H22N4O3/c26-20(22-9-10-24-11-13-28-14-12-24)16-5-7-17(8-6-16)25-15-23-19-4-2-1-3-18(19)21(25)27/h1-8,15H,9-14H2,(H,22,26). The van der Waals surface area contributed by atoms with Crippen LogP contribution in [0.3, 0.4) is 0 Å². The zero-order valence-corrected chi connectivity index (χ0v) is 15.5. The number of carbonyl (C=O) groups excluding carboxylic acids is 1. The number of nitrogens with one attached hydrogen (secondary N) is 1. The fourth-order valence-electron chi connectivity index (χ4n) is 3.28. The number of morpholine rings is 1. The Morgan fingerprint density at radius 1 is 1.07 bits per heavy atom. The fraction of sp³-hybridized carbons (Fsp3) is 0.286. The molecule has 0 spiro atoms. The number of amides is 1. The van der Waals surface area contributed by atoms with Crippen LogP contribution in [0.25, 0.3) is 16.6 Å². The van der Waals surface area contributed by atoms with Crippen molar-refractivity contribution in [2.24, 2.45) is 0 Å². The summed E-state index contributed by atoms with van der Waals surface area (Å²) in [4.78, 5) is 31.6. The van der Waals surface area contributed by atoms with Crippen molar-refractivity contribution < 1.29 is 9.53 Å². The summed E-state index contributed by atoms with van der Waals surface area (Å²) in [5, 5.41) is 3.50. The van der Waals surface area contributed by atoms with Crippen LogP contribution in [0.4, 0.5) is 0 Å². The average Bonchev–Trinajstić information content (AvgIpc) is 2.75. The van der Waals surface area contributed by atoms with Gasteiger partial charge in [0.2, 0.25) is 0 Å². The molecule has 7 heteroatoms. The van der Waals surface area contributed by atoms with E-state index in [2.05, 4.69) is 15.2 Å². The largest absolute Gasteiger partial charge is 0.379 e. The zero-order valence-electron chi connectivity index (χ0n) is 15.5. The van der Waals surface area contributed by atoms with Crippen LogP contribution in [0, 0.1) is 0 Å².